The van der Waals surface area contributed by atoms with E-state index in [4.69, 9.17) is 34.8 Å². The molecule has 0 atom stereocenters. The van der Waals surface area contributed by atoms with E-state index in [0.717, 1.165) is 0 Å². The van der Waals surface area contributed by atoms with Crippen LogP contribution >= 0.6 is 34.8 Å². The van der Waals surface area contributed by atoms with Crippen LogP contribution in [0.25, 0.3) is 0 Å². The predicted molar refractivity (Wildman–Crippen MR) is 130 cm³/mol. The average molecular weight is 512 g/mol. The molecule has 4 N–H and O–H groups in total. The zero-order chi connectivity index (χ0) is 24.0. The molecule has 9 nitrogen and oxygen atoms in total. The molecule has 0 spiro atoms. The predicted octanol–water partition coefficient (Wildman–Crippen LogP) is 3.93. The van der Waals surface area contributed by atoms with Crippen molar-refractivity contribution in [3.63, 3.8) is 0 Å². The molecule has 12 heteroatoms. The second kappa shape index (κ2) is 11.4. The Balaban J connectivity index is 1.80. The van der Waals surface area contributed by atoms with E-state index in [1.807, 2.05) is 0 Å². The van der Waals surface area contributed by atoms with Gasteiger partial charge in [0.25, 0.3) is 5.91 Å². The fourth-order valence-corrected chi connectivity index (χ4v) is 3.96. The summed E-state index contributed by atoms with van der Waals surface area (Å²) < 4.78 is 0. The molecule has 0 fully saturated rings. The molecule has 0 radical (unpaired) electrons. The summed E-state index contributed by atoms with van der Waals surface area (Å²) in [5.41, 5.74) is 1.24. The molecule has 3 aromatic rings. The Kier molecular flexibility index (Phi) is 8.65. The van der Waals surface area contributed by atoms with E-state index in [-0.39, 0.29) is 41.9 Å². The Labute approximate surface area is 205 Å². The van der Waals surface area contributed by atoms with Crippen molar-refractivity contribution in [2.75, 3.05) is 41.8 Å². The maximum atomic E-state index is 12.7. The number of aromatic nitrogens is 3. The number of rotatable bonds is 9. The van der Waals surface area contributed by atoms with Crippen molar-refractivity contribution in [2.45, 2.75) is 6.92 Å². The minimum atomic E-state index is -0.498. The largest absolute Gasteiger partial charge is 0.395 e. The zero-order valence-electron chi connectivity index (χ0n) is 17.5. The van der Waals surface area contributed by atoms with Gasteiger partial charge in [-0.1, -0.05) is 34.8 Å². The lowest BCUT2D eigenvalue weighted by molar-refractivity contribution is 0.102. The van der Waals surface area contributed by atoms with Gasteiger partial charge in [-0.3, -0.25) is 4.79 Å². The van der Waals surface area contributed by atoms with Crippen molar-refractivity contribution in [1.82, 2.24) is 15.0 Å². The fourth-order valence-electron chi connectivity index (χ4n) is 2.97. The molecule has 1 amide bonds. The van der Waals surface area contributed by atoms with Gasteiger partial charge in [-0.15, -0.1) is 0 Å². The van der Waals surface area contributed by atoms with Crippen LogP contribution in [-0.2, 0) is 0 Å². The number of hydrogen-bond acceptors (Lipinski definition) is 8. The lowest BCUT2D eigenvalue weighted by atomic mass is 10.2. The van der Waals surface area contributed by atoms with Gasteiger partial charge in [0.05, 0.1) is 28.8 Å². The summed E-state index contributed by atoms with van der Waals surface area (Å²) >= 11 is 18.2. The normalized spacial score (nSPS) is 10.7. The monoisotopic (exact) mass is 510 g/mol. The Morgan fingerprint density at radius 1 is 1.00 bits per heavy atom. The molecular formula is C21H21Cl3N6O3. The van der Waals surface area contributed by atoms with E-state index in [2.05, 4.69) is 25.6 Å². The number of nitrogens with zero attached hydrogens (tertiary/aromatic N) is 4. The maximum absolute atomic E-state index is 12.7. The Morgan fingerprint density at radius 3 is 2.30 bits per heavy atom. The van der Waals surface area contributed by atoms with E-state index in [1.165, 1.54) is 18.3 Å². The van der Waals surface area contributed by atoms with Gasteiger partial charge < -0.3 is 25.7 Å². The van der Waals surface area contributed by atoms with Gasteiger partial charge in [-0.05, 0) is 25.1 Å². The van der Waals surface area contributed by atoms with E-state index < -0.39 is 5.91 Å². The maximum Gasteiger partial charge on any atom is 0.258 e. The van der Waals surface area contributed by atoms with Gasteiger partial charge in [-0.25, -0.2) is 9.97 Å². The highest BCUT2D eigenvalue weighted by Gasteiger charge is 2.17. The molecule has 0 bridgehead atoms. The smallest absolute Gasteiger partial charge is 0.258 e. The number of pyridine rings is 1. The fraction of sp³-hybridized carbons (Fsp3) is 0.238. The lowest BCUT2D eigenvalue weighted by Crippen LogP contribution is -2.31. The van der Waals surface area contributed by atoms with Gasteiger partial charge in [0, 0.05) is 47.8 Å². The first kappa shape index (κ1) is 24.9. The molecule has 174 valence electrons. The van der Waals surface area contributed by atoms with Gasteiger partial charge in [-0.2, -0.15) is 4.98 Å². The van der Waals surface area contributed by atoms with E-state index in [1.54, 1.807) is 30.0 Å². The number of anilines is 4. The number of hydrogen-bond donors (Lipinski definition) is 4. The molecule has 0 aliphatic rings. The number of carbonyl (C=O) groups excluding carboxylic acids is 1. The zero-order valence-corrected chi connectivity index (χ0v) is 19.8. The standard InChI is InChI=1S/C21H21Cl3N6O3/c1-12-8-18(29-21(26-12)30(4-6-31)5-7-32)28-17-11-14(2-3-25-17)27-20(33)19-15(23)9-13(22)10-16(19)24/h2-3,8-11,31-32H,4-7H2,1H3,(H2,25,26,27,28,29,33). The second-order valence-electron chi connectivity index (χ2n) is 6.88. The first-order chi connectivity index (χ1) is 15.8. The molecule has 33 heavy (non-hydrogen) atoms. The second-order valence-corrected chi connectivity index (χ2v) is 8.13. The Bertz CT molecular complexity index is 1120. The van der Waals surface area contributed by atoms with Crippen LogP contribution in [0.3, 0.4) is 0 Å². The van der Waals surface area contributed by atoms with Crippen molar-refractivity contribution in [3.05, 3.63) is 62.9 Å². The minimum Gasteiger partial charge on any atom is -0.395 e. The van der Waals surface area contributed by atoms with Crippen molar-refractivity contribution in [1.29, 1.82) is 0 Å². The average Bonchev–Trinajstić information content (AvgIpc) is 2.72. The first-order valence-corrected chi connectivity index (χ1v) is 11.0. The number of aryl methyl sites for hydroxylation is 1. The summed E-state index contributed by atoms with van der Waals surface area (Å²) in [6, 6.07) is 7.83. The van der Waals surface area contributed by atoms with Crippen LogP contribution in [0, 0.1) is 6.92 Å². The van der Waals surface area contributed by atoms with Crippen LogP contribution in [0.5, 0.6) is 0 Å². The number of nitrogens with one attached hydrogen (secondary N) is 2. The molecule has 0 unspecified atom stereocenters. The molecule has 0 aliphatic carbocycles. The minimum absolute atomic E-state index is 0.106. The molecule has 0 saturated heterocycles. The van der Waals surface area contributed by atoms with Crippen LogP contribution in [0.2, 0.25) is 15.1 Å². The number of aliphatic hydroxyl groups excluding tert-OH is 2. The summed E-state index contributed by atoms with van der Waals surface area (Å²) in [4.78, 5) is 27.4. The summed E-state index contributed by atoms with van der Waals surface area (Å²) in [5, 5.41) is 24.9. The summed E-state index contributed by atoms with van der Waals surface area (Å²) in [7, 11) is 0. The van der Waals surface area contributed by atoms with E-state index in [0.29, 0.717) is 34.0 Å². The van der Waals surface area contributed by atoms with Crippen molar-refractivity contribution in [2.24, 2.45) is 0 Å². The van der Waals surface area contributed by atoms with Crippen molar-refractivity contribution < 1.29 is 15.0 Å². The third-order valence-electron chi connectivity index (χ3n) is 4.37. The van der Waals surface area contributed by atoms with Gasteiger partial charge in [0.1, 0.15) is 11.6 Å². The summed E-state index contributed by atoms with van der Waals surface area (Å²) in [5.74, 6) is 0.735. The quantitative estimate of drug-likeness (QED) is 0.341. The number of amides is 1. The van der Waals surface area contributed by atoms with E-state index in [9.17, 15) is 15.0 Å². The molecule has 1 aromatic carbocycles. The molecule has 2 heterocycles. The SMILES string of the molecule is Cc1cc(Nc2cc(NC(=O)c3c(Cl)cc(Cl)cc3Cl)ccn2)nc(N(CCO)CCO)n1. The summed E-state index contributed by atoms with van der Waals surface area (Å²) in [6.07, 6.45) is 1.52. The number of aliphatic hydroxyl groups is 2. The Hall–Kier alpha value is -2.69. The Morgan fingerprint density at radius 2 is 1.67 bits per heavy atom. The van der Waals surface area contributed by atoms with Gasteiger partial charge in [0.15, 0.2) is 0 Å². The molecule has 3 rings (SSSR count). The van der Waals surface area contributed by atoms with Gasteiger partial charge >= 0.3 is 0 Å². The molecule has 0 saturated carbocycles. The van der Waals surface area contributed by atoms with Crippen LogP contribution in [0.15, 0.2) is 36.5 Å². The van der Waals surface area contributed by atoms with Crippen molar-refractivity contribution >= 4 is 64.0 Å². The van der Waals surface area contributed by atoms with Crippen LogP contribution in [-0.4, -0.2) is 57.4 Å². The summed E-state index contributed by atoms with van der Waals surface area (Å²) in [6.45, 7) is 2.14. The molecular weight excluding hydrogens is 491 g/mol. The first-order valence-electron chi connectivity index (χ1n) is 9.82. The molecule has 2 aromatic heterocycles. The highest BCUT2D eigenvalue weighted by atomic mass is 35.5. The van der Waals surface area contributed by atoms with Crippen molar-refractivity contribution in [3.8, 4) is 0 Å². The number of carbonyl (C=O) groups is 1. The lowest BCUT2D eigenvalue weighted by Gasteiger charge is -2.21. The highest BCUT2D eigenvalue weighted by molar-refractivity contribution is 6.42. The number of halogens is 3. The number of benzene rings is 1. The molecule has 0 aliphatic heterocycles. The third kappa shape index (κ3) is 6.66. The highest BCUT2D eigenvalue weighted by Crippen LogP contribution is 2.30. The van der Waals surface area contributed by atoms with Crippen LogP contribution < -0.4 is 15.5 Å². The van der Waals surface area contributed by atoms with Gasteiger partial charge in [0.2, 0.25) is 5.95 Å². The van der Waals surface area contributed by atoms with E-state index >= 15 is 0 Å². The van der Waals surface area contributed by atoms with Crippen LogP contribution in [0.1, 0.15) is 16.1 Å². The topological polar surface area (TPSA) is 124 Å². The van der Waals surface area contributed by atoms with Crippen LogP contribution in [0.4, 0.5) is 23.3 Å². The third-order valence-corrected chi connectivity index (χ3v) is 5.19.